The van der Waals surface area contributed by atoms with Crippen molar-refractivity contribution in [3.63, 3.8) is 0 Å². The van der Waals surface area contributed by atoms with E-state index in [1.54, 1.807) is 14.0 Å². The van der Waals surface area contributed by atoms with Gasteiger partial charge in [0.2, 0.25) is 0 Å². The molecule has 3 rings (SSSR count). The third-order valence-electron chi connectivity index (χ3n) is 4.34. The minimum atomic E-state index is -0.645. The quantitative estimate of drug-likeness (QED) is 0.590. The Morgan fingerprint density at radius 1 is 1.07 bits per heavy atom. The third kappa shape index (κ3) is 5.22. The molecule has 0 unspecified atom stereocenters. The van der Waals surface area contributed by atoms with Crippen molar-refractivity contribution in [2.45, 2.75) is 13.3 Å². The van der Waals surface area contributed by atoms with Crippen molar-refractivity contribution in [3.8, 4) is 17.0 Å². The largest absolute Gasteiger partial charge is 0.497 e. The molecule has 0 fully saturated rings. The van der Waals surface area contributed by atoms with Crippen LogP contribution in [0.1, 0.15) is 21.7 Å². The molecule has 29 heavy (non-hydrogen) atoms. The summed E-state index contributed by atoms with van der Waals surface area (Å²) < 4.78 is 15.4. The zero-order valence-corrected chi connectivity index (χ0v) is 16.3. The highest BCUT2D eigenvalue weighted by atomic mass is 16.5. The smallest absolute Gasteiger partial charge is 0.344 e. The molecule has 0 aliphatic carbocycles. The maximum absolute atomic E-state index is 12.5. The van der Waals surface area contributed by atoms with E-state index in [0.717, 1.165) is 16.9 Å². The van der Waals surface area contributed by atoms with Crippen molar-refractivity contribution in [1.82, 2.24) is 10.5 Å². The Labute approximate surface area is 168 Å². The number of aryl methyl sites for hydroxylation is 1. The van der Waals surface area contributed by atoms with Gasteiger partial charge < -0.3 is 19.3 Å². The van der Waals surface area contributed by atoms with Crippen LogP contribution in [-0.2, 0) is 16.0 Å². The monoisotopic (exact) mass is 394 g/mol. The number of hydrogen-bond acceptors (Lipinski definition) is 6. The van der Waals surface area contributed by atoms with E-state index in [2.05, 4.69) is 10.5 Å². The number of benzene rings is 2. The van der Waals surface area contributed by atoms with Crippen LogP contribution in [0.15, 0.2) is 59.1 Å². The zero-order chi connectivity index (χ0) is 20.6. The van der Waals surface area contributed by atoms with Crippen molar-refractivity contribution in [3.05, 3.63) is 71.5 Å². The van der Waals surface area contributed by atoms with Gasteiger partial charge >= 0.3 is 5.97 Å². The summed E-state index contributed by atoms with van der Waals surface area (Å²) in [6.07, 6.45) is 0.659. The maximum atomic E-state index is 12.5. The molecule has 0 radical (unpaired) electrons. The molecule has 0 saturated carbocycles. The van der Waals surface area contributed by atoms with Gasteiger partial charge in [-0.3, -0.25) is 4.79 Å². The van der Waals surface area contributed by atoms with E-state index in [0.29, 0.717) is 24.4 Å². The normalized spacial score (nSPS) is 10.4. The van der Waals surface area contributed by atoms with Crippen LogP contribution in [0, 0.1) is 6.92 Å². The topological polar surface area (TPSA) is 90.7 Å². The van der Waals surface area contributed by atoms with Crippen LogP contribution in [0.4, 0.5) is 0 Å². The average molecular weight is 394 g/mol. The van der Waals surface area contributed by atoms with Crippen LogP contribution in [0.25, 0.3) is 11.3 Å². The van der Waals surface area contributed by atoms with Crippen LogP contribution in [-0.4, -0.2) is 37.3 Å². The van der Waals surface area contributed by atoms with Crippen molar-refractivity contribution in [2.75, 3.05) is 20.3 Å². The van der Waals surface area contributed by atoms with Gasteiger partial charge in [-0.05, 0) is 31.0 Å². The first-order valence-electron chi connectivity index (χ1n) is 9.17. The summed E-state index contributed by atoms with van der Waals surface area (Å²) in [5, 5.41) is 6.68. The van der Waals surface area contributed by atoms with Gasteiger partial charge in [-0.15, -0.1) is 0 Å². The SMILES string of the molecule is COc1ccc(CCNC(=O)COC(=O)c2c(-c3ccccc3)noc2C)cc1. The van der Waals surface area contributed by atoms with E-state index in [9.17, 15) is 9.59 Å². The van der Waals surface area contributed by atoms with Crippen molar-refractivity contribution < 1.29 is 23.6 Å². The predicted octanol–water partition coefficient (Wildman–Crippen LogP) is 3.17. The first-order chi connectivity index (χ1) is 14.1. The number of ether oxygens (including phenoxy) is 2. The van der Waals surface area contributed by atoms with Crippen LogP contribution < -0.4 is 10.1 Å². The molecule has 0 spiro atoms. The summed E-state index contributed by atoms with van der Waals surface area (Å²) in [5.74, 6) is 0.104. The molecule has 0 saturated heterocycles. The number of esters is 1. The fourth-order valence-electron chi connectivity index (χ4n) is 2.80. The molecule has 0 atom stereocenters. The number of carbonyl (C=O) groups is 2. The minimum absolute atomic E-state index is 0.224. The lowest BCUT2D eigenvalue weighted by molar-refractivity contribution is -0.124. The van der Waals surface area contributed by atoms with Gasteiger partial charge in [-0.1, -0.05) is 47.6 Å². The molecule has 2 aromatic carbocycles. The van der Waals surface area contributed by atoms with Gasteiger partial charge in [-0.2, -0.15) is 0 Å². The molecule has 0 aliphatic heterocycles. The average Bonchev–Trinajstić information content (AvgIpc) is 3.14. The molecule has 1 heterocycles. The summed E-state index contributed by atoms with van der Waals surface area (Å²) >= 11 is 0. The highest BCUT2D eigenvalue weighted by Gasteiger charge is 2.23. The second kappa shape index (κ2) is 9.54. The molecular formula is C22H22N2O5. The number of nitrogens with one attached hydrogen (secondary N) is 1. The van der Waals surface area contributed by atoms with Crippen LogP contribution in [0.2, 0.25) is 0 Å². The van der Waals surface area contributed by atoms with Gasteiger partial charge in [0.05, 0.1) is 7.11 Å². The van der Waals surface area contributed by atoms with E-state index in [1.165, 1.54) is 0 Å². The van der Waals surface area contributed by atoms with Gasteiger partial charge in [0, 0.05) is 12.1 Å². The molecule has 0 aliphatic rings. The second-order valence-electron chi connectivity index (χ2n) is 6.35. The number of nitrogens with zero attached hydrogens (tertiary/aromatic N) is 1. The van der Waals surface area contributed by atoms with Crippen molar-refractivity contribution in [1.29, 1.82) is 0 Å². The number of methoxy groups -OCH3 is 1. The first-order valence-corrected chi connectivity index (χ1v) is 9.17. The van der Waals surface area contributed by atoms with E-state index >= 15 is 0 Å². The zero-order valence-electron chi connectivity index (χ0n) is 16.3. The van der Waals surface area contributed by atoms with E-state index in [-0.39, 0.29) is 18.1 Å². The Morgan fingerprint density at radius 3 is 2.48 bits per heavy atom. The predicted molar refractivity (Wildman–Crippen MR) is 107 cm³/mol. The molecule has 3 aromatic rings. The van der Waals surface area contributed by atoms with Gasteiger partial charge in [0.25, 0.3) is 5.91 Å². The number of hydrogen-bond donors (Lipinski definition) is 1. The molecule has 1 N–H and O–H groups in total. The Bertz CT molecular complexity index is 965. The summed E-state index contributed by atoms with van der Waals surface area (Å²) in [6, 6.07) is 16.8. The Hall–Kier alpha value is -3.61. The molecule has 7 heteroatoms. The number of rotatable bonds is 8. The van der Waals surface area contributed by atoms with Crippen LogP contribution in [0.5, 0.6) is 5.75 Å². The van der Waals surface area contributed by atoms with E-state index in [4.69, 9.17) is 14.0 Å². The van der Waals surface area contributed by atoms with Gasteiger partial charge in [0.1, 0.15) is 22.8 Å². The number of amides is 1. The first kappa shape index (κ1) is 20.1. The van der Waals surface area contributed by atoms with E-state index in [1.807, 2.05) is 54.6 Å². The Balaban J connectivity index is 1.50. The highest BCUT2D eigenvalue weighted by molar-refractivity contribution is 5.98. The molecule has 150 valence electrons. The lowest BCUT2D eigenvalue weighted by atomic mass is 10.1. The third-order valence-corrected chi connectivity index (χ3v) is 4.34. The number of carbonyl (C=O) groups excluding carboxylic acids is 2. The Kier molecular flexibility index (Phi) is 6.63. The molecule has 1 aromatic heterocycles. The summed E-state index contributed by atoms with van der Waals surface area (Å²) in [7, 11) is 1.61. The van der Waals surface area contributed by atoms with Crippen molar-refractivity contribution in [2.24, 2.45) is 0 Å². The molecule has 7 nitrogen and oxygen atoms in total. The second-order valence-corrected chi connectivity index (χ2v) is 6.35. The van der Waals surface area contributed by atoms with Gasteiger partial charge in [-0.25, -0.2) is 4.79 Å². The lowest BCUT2D eigenvalue weighted by Crippen LogP contribution is -2.30. The summed E-state index contributed by atoms with van der Waals surface area (Å²) in [4.78, 5) is 24.5. The van der Waals surface area contributed by atoms with E-state index < -0.39 is 5.97 Å². The summed E-state index contributed by atoms with van der Waals surface area (Å²) in [5.41, 5.74) is 2.42. The Morgan fingerprint density at radius 2 is 1.79 bits per heavy atom. The van der Waals surface area contributed by atoms with Gasteiger partial charge in [0.15, 0.2) is 6.61 Å². The van der Waals surface area contributed by atoms with Crippen molar-refractivity contribution >= 4 is 11.9 Å². The summed E-state index contributed by atoms with van der Waals surface area (Å²) in [6.45, 7) is 1.69. The maximum Gasteiger partial charge on any atom is 0.344 e. The molecule has 0 bridgehead atoms. The minimum Gasteiger partial charge on any atom is -0.497 e. The molecular weight excluding hydrogens is 372 g/mol. The highest BCUT2D eigenvalue weighted by Crippen LogP contribution is 2.25. The fraction of sp³-hybridized carbons (Fsp3) is 0.227. The van der Waals surface area contributed by atoms with Crippen LogP contribution in [0.3, 0.4) is 0 Å². The van der Waals surface area contributed by atoms with Crippen LogP contribution >= 0.6 is 0 Å². The lowest BCUT2D eigenvalue weighted by Gasteiger charge is -2.07. The fourth-order valence-corrected chi connectivity index (χ4v) is 2.80. The standard InChI is InChI=1S/C22H22N2O5/c1-15-20(21(24-29-15)17-6-4-3-5-7-17)22(26)28-14-19(25)23-13-12-16-8-10-18(27-2)11-9-16/h3-11H,12-14H2,1-2H3,(H,23,25). The number of aromatic nitrogens is 1. The molecule has 1 amide bonds.